The van der Waals surface area contributed by atoms with Crippen molar-refractivity contribution in [2.75, 3.05) is 0 Å². The Labute approximate surface area is 88.4 Å². The van der Waals surface area contributed by atoms with Crippen LogP contribution in [0.2, 0.25) is 0 Å². The van der Waals surface area contributed by atoms with Gasteiger partial charge in [0.1, 0.15) is 0 Å². The molecule has 0 aliphatic heterocycles. The highest BCUT2D eigenvalue weighted by Crippen LogP contribution is 2.26. The highest BCUT2D eigenvalue weighted by atomic mass is 14.2. The second kappa shape index (κ2) is 3.42. The second-order valence-corrected chi connectivity index (χ2v) is 5.90. The van der Waals surface area contributed by atoms with Gasteiger partial charge in [-0.05, 0) is 46.2 Å². The van der Waals surface area contributed by atoms with E-state index in [1.54, 1.807) is 0 Å². The van der Waals surface area contributed by atoms with Crippen molar-refractivity contribution < 1.29 is 0 Å². The van der Waals surface area contributed by atoms with Gasteiger partial charge in [-0.2, -0.15) is 0 Å². The Morgan fingerprint density at radius 3 is 1.14 bits per heavy atom. The van der Waals surface area contributed by atoms with Crippen LogP contribution in [0.5, 0.6) is 0 Å². The zero-order valence-corrected chi connectivity index (χ0v) is 10.2. The van der Waals surface area contributed by atoms with Crippen LogP contribution in [-0.2, 0) is 10.8 Å². The van der Waals surface area contributed by atoms with Crippen molar-refractivity contribution in [3.8, 4) is 0 Å². The molecule has 0 spiro atoms. The van der Waals surface area contributed by atoms with Gasteiger partial charge in [0, 0.05) is 0 Å². The first-order chi connectivity index (χ1) is 6.21. The first kappa shape index (κ1) is 11.3. The lowest BCUT2D eigenvalue weighted by Gasteiger charge is -2.22. The third kappa shape index (κ3) is 2.60. The minimum absolute atomic E-state index is 0.174. The van der Waals surface area contributed by atoms with E-state index < -0.39 is 0 Å². The number of rotatable bonds is 0. The van der Waals surface area contributed by atoms with E-state index in [1.165, 1.54) is 11.1 Å². The highest BCUT2D eigenvalue weighted by Gasteiger charge is 2.17. The average molecular weight is 188 g/mol. The number of hydrogen-bond donors (Lipinski definition) is 0. The summed E-state index contributed by atoms with van der Waals surface area (Å²) in [6, 6.07) is 10.8. The minimum Gasteiger partial charge on any atom is -0.0561 e. The molecular weight excluding hydrogens is 168 g/mol. The molecular formula is C14H20. The molecule has 0 saturated carbocycles. The van der Waals surface area contributed by atoms with Crippen LogP contribution in [0.15, 0.2) is 12.1 Å². The Kier molecular flexibility index (Phi) is 2.76. The fourth-order valence-electron chi connectivity index (χ4n) is 1.25. The molecule has 0 aliphatic rings. The average Bonchev–Trinajstić information content (AvgIpc) is 2.01. The molecule has 1 aromatic rings. The molecule has 0 aromatic heterocycles. The maximum Gasteiger partial charge on any atom is -0.0125 e. The summed E-state index contributed by atoms with van der Waals surface area (Å²) in [6.07, 6.45) is 0. The van der Waals surface area contributed by atoms with Gasteiger partial charge in [0.2, 0.25) is 0 Å². The van der Waals surface area contributed by atoms with E-state index >= 15 is 0 Å². The Hall–Kier alpha value is -0.780. The monoisotopic (exact) mass is 188 g/mol. The van der Waals surface area contributed by atoms with Crippen molar-refractivity contribution in [2.24, 2.45) is 0 Å². The smallest absolute Gasteiger partial charge is 0.0125 e. The highest BCUT2D eigenvalue weighted by molar-refractivity contribution is 5.28. The van der Waals surface area contributed by atoms with Crippen molar-refractivity contribution in [3.63, 3.8) is 0 Å². The molecule has 0 heteroatoms. The van der Waals surface area contributed by atoms with Gasteiger partial charge in [-0.15, -0.1) is 0 Å². The Morgan fingerprint density at radius 2 is 1.00 bits per heavy atom. The normalized spacial score (nSPS) is 13.0. The Balaban J connectivity index is 3.02. The van der Waals surface area contributed by atoms with E-state index in [4.69, 9.17) is 0 Å². The minimum atomic E-state index is 0.174. The maximum absolute atomic E-state index is 3.35. The maximum atomic E-state index is 3.35. The van der Waals surface area contributed by atoms with E-state index in [1.807, 2.05) is 0 Å². The largest absolute Gasteiger partial charge is 0.0561 e. The standard InChI is InChI=1S/C14H20/c1-13(2,3)11-7-9-12(10-8-11)14(4,5)6/h7,10H,1-6H3. The summed E-state index contributed by atoms with van der Waals surface area (Å²) < 4.78 is 0. The van der Waals surface area contributed by atoms with Crippen molar-refractivity contribution in [1.82, 2.24) is 0 Å². The Morgan fingerprint density at radius 1 is 0.714 bits per heavy atom. The summed E-state index contributed by atoms with van der Waals surface area (Å²) in [5.74, 6) is 0. The van der Waals surface area contributed by atoms with Crippen molar-refractivity contribution in [3.05, 3.63) is 35.4 Å². The fourth-order valence-corrected chi connectivity index (χ4v) is 1.25. The van der Waals surface area contributed by atoms with Crippen LogP contribution in [-0.4, -0.2) is 0 Å². The summed E-state index contributed by atoms with van der Waals surface area (Å²) >= 11 is 0. The summed E-state index contributed by atoms with van der Waals surface area (Å²) in [5.41, 5.74) is 2.80. The van der Waals surface area contributed by atoms with E-state index in [0.29, 0.717) is 0 Å². The summed E-state index contributed by atoms with van der Waals surface area (Å²) in [4.78, 5) is 0. The van der Waals surface area contributed by atoms with Gasteiger partial charge in [0.25, 0.3) is 0 Å². The predicted octanol–water partition coefficient (Wildman–Crippen LogP) is 3.88. The first-order valence-corrected chi connectivity index (χ1v) is 5.15. The first-order valence-electron chi connectivity index (χ1n) is 5.15. The molecule has 0 bridgehead atoms. The van der Waals surface area contributed by atoms with E-state index in [2.05, 4.69) is 65.8 Å². The van der Waals surface area contributed by atoms with E-state index in [9.17, 15) is 0 Å². The third-order valence-electron chi connectivity index (χ3n) is 2.36. The van der Waals surface area contributed by atoms with Gasteiger partial charge in [0.15, 0.2) is 0 Å². The molecule has 2 radical (unpaired) electrons. The lowest BCUT2D eigenvalue weighted by molar-refractivity contribution is 0.575. The molecule has 0 saturated heterocycles. The molecule has 76 valence electrons. The molecule has 1 aromatic carbocycles. The predicted molar refractivity (Wildman–Crippen MR) is 61.5 cm³/mol. The van der Waals surface area contributed by atoms with Gasteiger partial charge >= 0.3 is 0 Å². The van der Waals surface area contributed by atoms with Crippen molar-refractivity contribution in [1.29, 1.82) is 0 Å². The molecule has 0 unspecified atom stereocenters. The van der Waals surface area contributed by atoms with Gasteiger partial charge in [-0.3, -0.25) is 0 Å². The summed E-state index contributed by atoms with van der Waals surface area (Å²) in [6.45, 7) is 13.2. The molecule has 0 amide bonds. The topological polar surface area (TPSA) is 0 Å². The molecule has 0 fully saturated rings. The SMILES string of the molecule is CC(C)(C)c1[c]cc(C(C)(C)C)[c]c1. The van der Waals surface area contributed by atoms with Crippen LogP contribution in [0, 0.1) is 12.1 Å². The van der Waals surface area contributed by atoms with Crippen LogP contribution in [0.1, 0.15) is 52.7 Å². The molecule has 0 N–H and O–H groups in total. The van der Waals surface area contributed by atoms with Crippen LogP contribution < -0.4 is 0 Å². The fraction of sp³-hybridized carbons (Fsp3) is 0.571. The number of benzene rings is 1. The van der Waals surface area contributed by atoms with Gasteiger partial charge < -0.3 is 0 Å². The molecule has 14 heavy (non-hydrogen) atoms. The van der Waals surface area contributed by atoms with Crippen LogP contribution in [0.4, 0.5) is 0 Å². The summed E-state index contributed by atoms with van der Waals surface area (Å²) in [5, 5.41) is 0. The second-order valence-electron chi connectivity index (χ2n) is 5.90. The van der Waals surface area contributed by atoms with Gasteiger partial charge in [0.05, 0.1) is 0 Å². The van der Waals surface area contributed by atoms with Crippen molar-refractivity contribution >= 4 is 0 Å². The van der Waals surface area contributed by atoms with Crippen LogP contribution >= 0.6 is 0 Å². The molecule has 1 rings (SSSR count). The molecule has 0 atom stereocenters. The summed E-state index contributed by atoms with van der Waals surface area (Å²) in [7, 11) is 0. The van der Waals surface area contributed by atoms with E-state index in [0.717, 1.165) is 0 Å². The van der Waals surface area contributed by atoms with Crippen molar-refractivity contribution in [2.45, 2.75) is 52.4 Å². The van der Waals surface area contributed by atoms with Crippen LogP contribution in [0.25, 0.3) is 0 Å². The van der Waals surface area contributed by atoms with Crippen LogP contribution in [0.3, 0.4) is 0 Å². The van der Waals surface area contributed by atoms with E-state index in [-0.39, 0.29) is 10.8 Å². The van der Waals surface area contributed by atoms with Gasteiger partial charge in [-0.25, -0.2) is 0 Å². The molecule has 0 heterocycles. The van der Waals surface area contributed by atoms with Gasteiger partial charge in [-0.1, -0.05) is 41.5 Å². The Bertz CT molecular complexity index is 257. The lowest BCUT2D eigenvalue weighted by Crippen LogP contribution is -2.14. The lowest BCUT2D eigenvalue weighted by atomic mass is 9.82. The molecule has 0 aliphatic carbocycles. The zero-order chi connectivity index (χ0) is 11.0. The molecule has 0 nitrogen and oxygen atoms in total. The third-order valence-corrected chi connectivity index (χ3v) is 2.36. The quantitative estimate of drug-likeness (QED) is 0.579. The number of hydrogen-bond acceptors (Lipinski definition) is 0. The zero-order valence-electron chi connectivity index (χ0n) is 10.2.